The van der Waals surface area contributed by atoms with Crippen LogP contribution in [0.4, 0.5) is 5.69 Å². The Morgan fingerprint density at radius 3 is 2.78 bits per heavy atom. The standard InChI is InChI=1S/C15H23NO2/c1-11(12-5-3-6-13(16)9-12)18-15-8-4-7-14(10-15)17-2/h3,5-6,9,11,14-15H,4,7-8,10,16H2,1-2H3. The normalized spacial score (nSPS) is 25.9. The van der Waals surface area contributed by atoms with Crippen LogP contribution in [0.5, 0.6) is 0 Å². The van der Waals surface area contributed by atoms with E-state index in [1.807, 2.05) is 18.2 Å². The van der Waals surface area contributed by atoms with Gasteiger partial charge in [-0.05, 0) is 50.3 Å². The Morgan fingerprint density at radius 1 is 1.28 bits per heavy atom. The molecule has 0 heterocycles. The van der Waals surface area contributed by atoms with Gasteiger partial charge in [-0.25, -0.2) is 0 Å². The molecule has 0 bridgehead atoms. The van der Waals surface area contributed by atoms with Gasteiger partial charge in [0.15, 0.2) is 0 Å². The van der Waals surface area contributed by atoms with Crippen LogP contribution < -0.4 is 5.73 Å². The SMILES string of the molecule is COC1CCCC(OC(C)c2cccc(N)c2)C1. The average Bonchev–Trinajstić information content (AvgIpc) is 2.39. The van der Waals surface area contributed by atoms with Gasteiger partial charge in [-0.3, -0.25) is 0 Å². The first-order chi connectivity index (χ1) is 8.69. The highest BCUT2D eigenvalue weighted by atomic mass is 16.5. The zero-order chi connectivity index (χ0) is 13.0. The van der Waals surface area contributed by atoms with Crippen molar-refractivity contribution in [1.82, 2.24) is 0 Å². The number of hydrogen-bond donors (Lipinski definition) is 1. The van der Waals surface area contributed by atoms with Crippen LogP contribution in [0.15, 0.2) is 24.3 Å². The van der Waals surface area contributed by atoms with Crippen LogP contribution in [-0.2, 0) is 9.47 Å². The van der Waals surface area contributed by atoms with Gasteiger partial charge in [0.2, 0.25) is 0 Å². The Morgan fingerprint density at radius 2 is 2.06 bits per heavy atom. The van der Waals surface area contributed by atoms with E-state index in [2.05, 4.69) is 13.0 Å². The Labute approximate surface area is 109 Å². The monoisotopic (exact) mass is 249 g/mol. The molecule has 0 aromatic heterocycles. The van der Waals surface area contributed by atoms with Crippen LogP contribution in [0, 0.1) is 0 Å². The summed E-state index contributed by atoms with van der Waals surface area (Å²) in [7, 11) is 1.79. The number of methoxy groups -OCH3 is 1. The van der Waals surface area contributed by atoms with E-state index >= 15 is 0 Å². The topological polar surface area (TPSA) is 44.5 Å². The van der Waals surface area contributed by atoms with E-state index in [1.54, 1.807) is 7.11 Å². The van der Waals surface area contributed by atoms with Gasteiger partial charge in [-0.2, -0.15) is 0 Å². The van der Waals surface area contributed by atoms with Crippen molar-refractivity contribution in [3.05, 3.63) is 29.8 Å². The summed E-state index contributed by atoms with van der Waals surface area (Å²) < 4.78 is 11.6. The van der Waals surface area contributed by atoms with E-state index in [1.165, 1.54) is 6.42 Å². The maximum Gasteiger partial charge on any atom is 0.0801 e. The van der Waals surface area contributed by atoms with Gasteiger partial charge in [0.25, 0.3) is 0 Å². The Kier molecular flexibility index (Phi) is 4.61. The van der Waals surface area contributed by atoms with E-state index in [0.717, 1.165) is 30.5 Å². The van der Waals surface area contributed by atoms with Gasteiger partial charge in [-0.1, -0.05) is 12.1 Å². The van der Waals surface area contributed by atoms with Gasteiger partial charge in [0, 0.05) is 12.8 Å². The Bertz CT molecular complexity index is 381. The number of hydrogen-bond acceptors (Lipinski definition) is 3. The summed E-state index contributed by atoms with van der Waals surface area (Å²) in [6.45, 7) is 2.09. The number of nitrogens with two attached hydrogens (primary N) is 1. The first-order valence-electron chi connectivity index (χ1n) is 6.72. The Balaban J connectivity index is 1.92. The molecule has 1 aliphatic carbocycles. The van der Waals surface area contributed by atoms with Crippen molar-refractivity contribution in [2.45, 2.75) is 50.9 Å². The largest absolute Gasteiger partial charge is 0.399 e. The lowest BCUT2D eigenvalue weighted by Gasteiger charge is -2.30. The number of nitrogen functional groups attached to an aromatic ring is 1. The molecule has 1 aliphatic rings. The second-order valence-corrected chi connectivity index (χ2v) is 5.09. The fourth-order valence-electron chi connectivity index (χ4n) is 2.62. The molecule has 2 rings (SSSR count). The molecule has 1 aromatic carbocycles. The summed E-state index contributed by atoms with van der Waals surface area (Å²) in [6, 6.07) is 7.93. The van der Waals surface area contributed by atoms with E-state index in [-0.39, 0.29) is 6.10 Å². The molecular formula is C15H23NO2. The molecule has 3 heteroatoms. The summed E-state index contributed by atoms with van der Waals surface area (Å²) >= 11 is 0. The van der Waals surface area contributed by atoms with Crippen molar-refractivity contribution in [2.24, 2.45) is 0 Å². The number of rotatable bonds is 4. The van der Waals surface area contributed by atoms with E-state index in [4.69, 9.17) is 15.2 Å². The van der Waals surface area contributed by atoms with Crippen molar-refractivity contribution >= 4 is 5.69 Å². The third-order valence-electron chi connectivity index (χ3n) is 3.69. The molecule has 1 saturated carbocycles. The number of ether oxygens (including phenoxy) is 2. The highest BCUT2D eigenvalue weighted by Crippen LogP contribution is 2.28. The number of benzene rings is 1. The van der Waals surface area contributed by atoms with Gasteiger partial charge in [0.05, 0.1) is 18.3 Å². The highest BCUT2D eigenvalue weighted by Gasteiger charge is 2.24. The summed E-state index contributed by atoms with van der Waals surface area (Å²) in [5, 5.41) is 0. The molecule has 0 saturated heterocycles. The van der Waals surface area contributed by atoms with Crippen molar-refractivity contribution < 1.29 is 9.47 Å². The smallest absolute Gasteiger partial charge is 0.0801 e. The summed E-state index contributed by atoms with van der Waals surface area (Å²) in [5.41, 5.74) is 7.74. The molecule has 1 fully saturated rings. The lowest BCUT2D eigenvalue weighted by Crippen LogP contribution is -2.28. The average molecular weight is 249 g/mol. The van der Waals surface area contributed by atoms with Crippen LogP contribution in [0.1, 0.15) is 44.3 Å². The van der Waals surface area contributed by atoms with Crippen LogP contribution in [0.25, 0.3) is 0 Å². The third kappa shape index (κ3) is 3.47. The lowest BCUT2D eigenvalue weighted by molar-refractivity contribution is -0.0603. The predicted molar refractivity (Wildman–Crippen MR) is 73.4 cm³/mol. The molecule has 3 unspecified atom stereocenters. The molecule has 3 nitrogen and oxygen atoms in total. The minimum absolute atomic E-state index is 0.0918. The maximum atomic E-state index is 6.13. The Hall–Kier alpha value is -1.06. The summed E-state index contributed by atoms with van der Waals surface area (Å²) in [4.78, 5) is 0. The minimum atomic E-state index is 0.0918. The highest BCUT2D eigenvalue weighted by molar-refractivity contribution is 5.41. The predicted octanol–water partition coefficient (Wildman–Crippen LogP) is 3.30. The quantitative estimate of drug-likeness (QED) is 0.833. The van der Waals surface area contributed by atoms with Crippen LogP contribution in [0.2, 0.25) is 0 Å². The van der Waals surface area contributed by atoms with Gasteiger partial charge in [0.1, 0.15) is 0 Å². The molecule has 0 spiro atoms. The second kappa shape index (κ2) is 6.21. The fraction of sp³-hybridized carbons (Fsp3) is 0.600. The second-order valence-electron chi connectivity index (χ2n) is 5.09. The summed E-state index contributed by atoms with van der Waals surface area (Å²) in [6.07, 6.45) is 5.23. The maximum absolute atomic E-state index is 6.13. The minimum Gasteiger partial charge on any atom is -0.399 e. The molecule has 0 aliphatic heterocycles. The molecular weight excluding hydrogens is 226 g/mol. The fourth-order valence-corrected chi connectivity index (χ4v) is 2.62. The van der Waals surface area contributed by atoms with Crippen molar-refractivity contribution in [2.75, 3.05) is 12.8 Å². The molecule has 2 N–H and O–H groups in total. The third-order valence-corrected chi connectivity index (χ3v) is 3.69. The summed E-state index contributed by atoms with van der Waals surface area (Å²) in [5.74, 6) is 0. The van der Waals surface area contributed by atoms with Crippen LogP contribution in [-0.4, -0.2) is 19.3 Å². The molecule has 0 radical (unpaired) electrons. The van der Waals surface area contributed by atoms with Gasteiger partial charge < -0.3 is 15.2 Å². The van der Waals surface area contributed by atoms with Gasteiger partial charge >= 0.3 is 0 Å². The molecule has 1 aromatic rings. The zero-order valence-electron chi connectivity index (χ0n) is 11.3. The molecule has 0 amide bonds. The molecule has 3 atom stereocenters. The molecule has 100 valence electrons. The van der Waals surface area contributed by atoms with E-state index < -0.39 is 0 Å². The van der Waals surface area contributed by atoms with Crippen molar-refractivity contribution in [3.8, 4) is 0 Å². The zero-order valence-corrected chi connectivity index (χ0v) is 11.3. The van der Waals surface area contributed by atoms with Gasteiger partial charge in [-0.15, -0.1) is 0 Å². The number of anilines is 1. The van der Waals surface area contributed by atoms with E-state index in [9.17, 15) is 0 Å². The van der Waals surface area contributed by atoms with Crippen LogP contribution in [0.3, 0.4) is 0 Å². The molecule has 18 heavy (non-hydrogen) atoms. The van der Waals surface area contributed by atoms with Crippen molar-refractivity contribution in [1.29, 1.82) is 0 Å². The van der Waals surface area contributed by atoms with Crippen molar-refractivity contribution in [3.63, 3.8) is 0 Å². The van der Waals surface area contributed by atoms with Crippen LogP contribution >= 0.6 is 0 Å². The first-order valence-corrected chi connectivity index (χ1v) is 6.72. The first kappa shape index (κ1) is 13.4. The lowest BCUT2D eigenvalue weighted by atomic mass is 9.94. The van der Waals surface area contributed by atoms with E-state index in [0.29, 0.717) is 12.2 Å².